The Hall–Kier alpha value is -0.830. The van der Waals surface area contributed by atoms with Crippen molar-refractivity contribution >= 4 is 11.8 Å². The van der Waals surface area contributed by atoms with Gasteiger partial charge in [-0.25, -0.2) is 0 Å². The number of hydrogen-bond donors (Lipinski definition) is 1. The van der Waals surface area contributed by atoms with Gasteiger partial charge in [-0.3, -0.25) is 0 Å². The van der Waals surface area contributed by atoms with Gasteiger partial charge in [-0.05, 0) is 23.8 Å². The van der Waals surface area contributed by atoms with Gasteiger partial charge in [0, 0.05) is 12.3 Å². The van der Waals surface area contributed by atoms with Crippen LogP contribution in [0.3, 0.4) is 0 Å². The molecule has 0 aromatic rings. The van der Waals surface area contributed by atoms with Crippen molar-refractivity contribution < 1.29 is 4.74 Å². The first-order chi connectivity index (χ1) is 6.00. The van der Waals surface area contributed by atoms with E-state index in [0.717, 1.165) is 13.2 Å². The van der Waals surface area contributed by atoms with Crippen LogP contribution in [0.1, 0.15) is 0 Å². The monoisotopic (exact) mass is 183 g/mol. The molecule has 66 valence electrons. The second-order valence-electron chi connectivity index (χ2n) is 2.22. The zero-order valence-electron chi connectivity index (χ0n) is 6.90. The molecule has 3 heteroatoms. The van der Waals surface area contributed by atoms with E-state index in [2.05, 4.69) is 27.6 Å². The summed E-state index contributed by atoms with van der Waals surface area (Å²) in [6.45, 7) is 1.89. The standard InChI is InChI=1S/C3H5N.C3H4O.C3H4S/c3*1-2-4-3-1/h1-2,4H,3H2;2*1-2H,3H2. The first-order valence-electron chi connectivity index (χ1n) is 3.92. The van der Waals surface area contributed by atoms with Gasteiger partial charge in [0.25, 0.3) is 0 Å². The van der Waals surface area contributed by atoms with Gasteiger partial charge < -0.3 is 10.1 Å². The van der Waals surface area contributed by atoms with E-state index in [1.807, 2.05) is 24.0 Å². The van der Waals surface area contributed by atoms with Crippen LogP contribution in [0.25, 0.3) is 0 Å². The summed E-state index contributed by atoms with van der Waals surface area (Å²) >= 11 is 1.86. The van der Waals surface area contributed by atoms with Crippen molar-refractivity contribution in [2.45, 2.75) is 0 Å². The van der Waals surface area contributed by atoms with Crippen LogP contribution in [0.5, 0.6) is 0 Å². The van der Waals surface area contributed by atoms with Crippen molar-refractivity contribution in [2.24, 2.45) is 0 Å². The first-order valence-corrected chi connectivity index (χ1v) is 4.96. The molecule has 0 aromatic heterocycles. The maximum atomic E-state index is 4.54. The van der Waals surface area contributed by atoms with Crippen LogP contribution in [-0.4, -0.2) is 18.9 Å². The Morgan fingerprint density at radius 1 is 1.25 bits per heavy atom. The van der Waals surface area contributed by atoms with Gasteiger partial charge in [-0.1, -0.05) is 6.08 Å². The zero-order chi connectivity index (χ0) is 8.49. The molecule has 0 spiro atoms. The normalized spacial score (nSPS) is 18.7. The van der Waals surface area contributed by atoms with Crippen LogP contribution in [-0.2, 0) is 4.74 Å². The number of rotatable bonds is 0. The average Bonchev–Trinajstić information content (AvgIpc) is 1.41. The largest absolute Gasteiger partial charge is 0.497 e. The summed E-state index contributed by atoms with van der Waals surface area (Å²) in [7, 11) is 0. The Labute approximate surface area is 77.4 Å². The molecule has 12 heavy (non-hydrogen) atoms. The molecular formula is C9H13NOS. The maximum Gasteiger partial charge on any atom is 0.109 e. The lowest BCUT2D eigenvalue weighted by Gasteiger charge is -1.99. The van der Waals surface area contributed by atoms with Crippen molar-refractivity contribution in [3.63, 3.8) is 0 Å². The van der Waals surface area contributed by atoms with Crippen LogP contribution in [0.15, 0.2) is 36.1 Å². The predicted molar refractivity (Wildman–Crippen MR) is 53.8 cm³/mol. The van der Waals surface area contributed by atoms with Crippen LogP contribution in [0.2, 0.25) is 0 Å². The van der Waals surface area contributed by atoms with E-state index in [1.165, 1.54) is 5.75 Å². The molecule has 2 nitrogen and oxygen atoms in total. The lowest BCUT2D eigenvalue weighted by Crippen LogP contribution is -2.12. The van der Waals surface area contributed by atoms with E-state index >= 15 is 0 Å². The molecule has 0 atom stereocenters. The highest BCUT2D eigenvalue weighted by Crippen LogP contribution is 2.10. The van der Waals surface area contributed by atoms with E-state index in [0.29, 0.717) is 0 Å². The summed E-state index contributed by atoms with van der Waals surface area (Å²) in [4.78, 5) is 0. The predicted octanol–water partition coefficient (Wildman–Crippen LogP) is 1.88. The minimum atomic E-state index is 0.819. The second kappa shape index (κ2) is 6.85. The Morgan fingerprint density at radius 2 is 1.50 bits per heavy atom. The molecule has 0 amide bonds. The van der Waals surface area contributed by atoms with Gasteiger partial charge in [-0.15, -0.1) is 11.8 Å². The molecule has 3 aliphatic rings. The van der Waals surface area contributed by atoms with E-state index in [4.69, 9.17) is 0 Å². The lowest BCUT2D eigenvalue weighted by molar-refractivity contribution is 0.243. The van der Waals surface area contributed by atoms with Gasteiger partial charge >= 0.3 is 0 Å². The number of hydrogen-bond acceptors (Lipinski definition) is 3. The van der Waals surface area contributed by atoms with E-state index in [9.17, 15) is 0 Å². The summed E-state index contributed by atoms with van der Waals surface area (Å²) in [5, 5.41) is 5.03. The molecule has 3 aliphatic heterocycles. The number of nitrogens with one attached hydrogen (secondary N) is 1. The summed E-state index contributed by atoms with van der Waals surface area (Å²) < 4.78 is 4.54. The second-order valence-corrected chi connectivity index (χ2v) is 3.16. The minimum absolute atomic E-state index is 0.819. The number of ether oxygens (including phenoxy) is 1. The van der Waals surface area contributed by atoms with Gasteiger partial charge in [0.15, 0.2) is 0 Å². The van der Waals surface area contributed by atoms with Gasteiger partial charge in [-0.2, -0.15) is 0 Å². The summed E-state index contributed by atoms with van der Waals surface area (Å²) in [5.41, 5.74) is 0. The van der Waals surface area contributed by atoms with Crippen LogP contribution < -0.4 is 5.32 Å². The number of thioether (sulfide) groups is 1. The van der Waals surface area contributed by atoms with Gasteiger partial charge in [0.1, 0.15) is 6.61 Å². The Bertz CT molecular complexity index is 136. The molecule has 0 aromatic carbocycles. The van der Waals surface area contributed by atoms with Crippen LogP contribution in [0.4, 0.5) is 0 Å². The molecule has 0 bridgehead atoms. The van der Waals surface area contributed by atoms with Crippen LogP contribution >= 0.6 is 11.8 Å². The van der Waals surface area contributed by atoms with Crippen molar-refractivity contribution in [3.8, 4) is 0 Å². The Kier molecular flexibility index (Phi) is 5.29. The molecule has 0 radical (unpaired) electrons. The van der Waals surface area contributed by atoms with Crippen molar-refractivity contribution in [3.05, 3.63) is 36.1 Å². The summed E-state index contributed by atoms with van der Waals surface area (Å²) in [5.74, 6) is 1.24. The minimum Gasteiger partial charge on any atom is -0.497 e. The van der Waals surface area contributed by atoms with E-state index < -0.39 is 0 Å². The fourth-order valence-corrected chi connectivity index (χ4v) is 0.503. The highest BCUT2D eigenvalue weighted by molar-refractivity contribution is 8.03. The molecule has 0 aliphatic carbocycles. The summed E-state index contributed by atoms with van der Waals surface area (Å²) in [6.07, 6.45) is 9.78. The molecule has 0 unspecified atom stereocenters. The van der Waals surface area contributed by atoms with Crippen molar-refractivity contribution in [2.75, 3.05) is 18.9 Å². The molecule has 0 fully saturated rings. The third-order valence-electron chi connectivity index (χ3n) is 1.24. The zero-order valence-corrected chi connectivity index (χ0v) is 7.72. The molecule has 0 saturated heterocycles. The molecular weight excluding hydrogens is 170 g/mol. The smallest absolute Gasteiger partial charge is 0.109 e. The quantitative estimate of drug-likeness (QED) is 0.619. The van der Waals surface area contributed by atoms with E-state index in [1.54, 1.807) is 6.26 Å². The third kappa shape index (κ3) is 4.91. The third-order valence-corrected chi connectivity index (χ3v) is 2.01. The Balaban J connectivity index is 0.0000000900. The fourth-order valence-electron chi connectivity index (χ4n) is 0.310. The van der Waals surface area contributed by atoms with Gasteiger partial charge in [0.2, 0.25) is 0 Å². The Morgan fingerprint density at radius 3 is 1.50 bits per heavy atom. The van der Waals surface area contributed by atoms with Crippen molar-refractivity contribution in [1.82, 2.24) is 5.32 Å². The van der Waals surface area contributed by atoms with E-state index in [-0.39, 0.29) is 0 Å². The lowest BCUT2D eigenvalue weighted by atomic mass is 10.5. The highest BCUT2D eigenvalue weighted by Gasteiger charge is 1.81. The highest BCUT2D eigenvalue weighted by atomic mass is 32.2. The average molecular weight is 183 g/mol. The summed E-state index contributed by atoms with van der Waals surface area (Å²) in [6, 6.07) is 0. The van der Waals surface area contributed by atoms with Crippen molar-refractivity contribution in [1.29, 1.82) is 0 Å². The molecule has 1 N–H and O–H groups in total. The SMILES string of the molecule is C1=CNC1.C1=COC1.C1=CSC1. The molecule has 3 rings (SSSR count). The molecule has 3 heterocycles. The molecule has 0 saturated carbocycles. The topological polar surface area (TPSA) is 21.3 Å². The maximum absolute atomic E-state index is 4.54. The first kappa shape index (κ1) is 9.26. The van der Waals surface area contributed by atoms with Crippen LogP contribution in [0, 0.1) is 0 Å². The van der Waals surface area contributed by atoms with Gasteiger partial charge in [0.05, 0.1) is 6.26 Å². The fraction of sp³-hybridized carbons (Fsp3) is 0.333.